The fourth-order valence-electron chi connectivity index (χ4n) is 5.16. The number of esters is 2. The van der Waals surface area contributed by atoms with Crippen molar-refractivity contribution in [3.05, 3.63) is 122 Å². The topological polar surface area (TPSA) is 134 Å². The second-order valence-corrected chi connectivity index (χ2v) is 15.2. The summed E-state index contributed by atoms with van der Waals surface area (Å²) < 4.78 is 32.7. The van der Waals surface area contributed by atoms with Gasteiger partial charge in [-0.3, -0.25) is 18.6 Å². The molecule has 0 spiro atoms. The van der Waals surface area contributed by atoms with E-state index < -0.39 is 32.5 Å². The van der Waals surface area contributed by atoms with Gasteiger partial charge in [0.15, 0.2) is 6.10 Å². The van der Waals surface area contributed by atoms with Crippen LogP contribution in [0.5, 0.6) is 0 Å². The summed E-state index contributed by atoms with van der Waals surface area (Å²) in [7, 11) is -4.41. The lowest BCUT2D eigenvalue weighted by atomic mass is 10.1. The van der Waals surface area contributed by atoms with Crippen molar-refractivity contribution in [2.45, 2.75) is 148 Å². The summed E-state index contributed by atoms with van der Waals surface area (Å²) in [5.74, 6) is -0.922. The molecule has 0 aromatic rings. The minimum absolute atomic E-state index is 0.0347. The van der Waals surface area contributed by atoms with E-state index in [1.165, 1.54) is 0 Å². The molecule has 0 saturated heterocycles. The van der Waals surface area contributed by atoms with E-state index in [-0.39, 0.29) is 32.6 Å². The Morgan fingerprint density at radius 3 is 1.32 bits per heavy atom. The van der Waals surface area contributed by atoms with Crippen LogP contribution in [-0.2, 0) is 32.7 Å². The molecule has 9 nitrogen and oxygen atoms in total. The van der Waals surface area contributed by atoms with Crippen molar-refractivity contribution in [2.24, 2.45) is 5.73 Å². The van der Waals surface area contributed by atoms with E-state index in [1.807, 2.05) is 0 Å². The zero-order valence-corrected chi connectivity index (χ0v) is 37.3. The molecule has 0 aliphatic rings. The van der Waals surface area contributed by atoms with Crippen molar-refractivity contribution in [1.82, 2.24) is 0 Å². The molecule has 59 heavy (non-hydrogen) atoms. The molecule has 0 aromatic carbocycles. The van der Waals surface area contributed by atoms with Crippen LogP contribution in [0.15, 0.2) is 122 Å². The number of hydrogen-bond acceptors (Lipinski definition) is 8. The molecule has 10 heteroatoms. The molecule has 0 rings (SSSR count). The standard InChI is InChI=1S/C49H78NO8P/c1-3-5-7-9-11-13-15-17-19-21-22-23-24-26-28-30-32-34-36-38-40-42-49(52)58-47(46-57-59(53,54)56-44-43-50)45-55-48(51)41-39-37-35-33-31-29-27-25-20-18-16-14-12-10-8-6-4-2/h5-8,11-14,17-20,22-23,26-29,32,34,47H,3-4,9-10,15-16,21,24-25,30-31,33,35-46,50H2,1-2H3,(H,53,54)/b7-5-,8-6-,13-11-,14-12-,19-17-,20-18-,23-22-,28-26-,29-27-,34-32-. The number of carbonyl (C=O) groups is 2. The van der Waals surface area contributed by atoms with E-state index in [1.54, 1.807) is 0 Å². The van der Waals surface area contributed by atoms with Gasteiger partial charge in [0.25, 0.3) is 0 Å². The highest BCUT2D eigenvalue weighted by molar-refractivity contribution is 7.47. The SMILES string of the molecule is CC/C=C\C/C=C\C/C=C\C/C=C\C/C=C\C/C=C\CCCCC(=O)OC(COC(=O)CCCCCC/C=C\C/C=C\C/C=C\C/C=C\CC)COP(=O)(O)OCCN. The minimum atomic E-state index is -4.41. The number of hydrogen-bond donors (Lipinski definition) is 2. The summed E-state index contributed by atoms with van der Waals surface area (Å²) in [5, 5.41) is 0. The monoisotopic (exact) mass is 840 g/mol. The van der Waals surface area contributed by atoms with E-state index in [0.29, 0.717) is 12.8 Å². The Morgan fingerprint density at radius 2 is 0.881 bits per heavy atom. The van der Waals surface area contributed by atoms with E-state index in [0.717, 1.165) is 103 Å². The molecule has 0 aromatic heterocycles. The van der Waals surface area contributed by atoms with Gasteiger partial charge < -0.3 is 20.1 Å². The van der Waals surface area contributed by atoms with Gasteiger partial charge in [0, 0.05) is 19.4 Å². The lowest BCUT2D eigenvalue weighted by Gasteiger charge is -2.19. The van der Waals surface area contributed by atoms with Crippen molar-refractivity contribution in [1.29, 1.82) is 0 Å². The summed E-state index contributed by atoms with van der Waals surface area (Å²) in [6.07, 6.45) is 59.4. The third-order valence-corrected chi connectivity index (χ3v) is 9.33. The third kappa shape index (κ3) is 43.8. The zero-order valence-electron chi connectivity index (χ0n) is 36.4. The largest absolute Gasteiger partial charge is 0.472 e. The van der Waals surface area contributed by atoms with Crippen molar-refractivity contribution in [3.63, 3.8) is 0 Å². The second kappa shape index (κ2) is 44.0. The number of nitrogens with two attached hydrogens (primary N) is 1. The third-order valence-electron chi connectivity index (χ3n) is 8.34. The number of phosphoric ester groups is 1. The van der Waals surface area contributed by atoms with Gasteiger partial charge in [-0.05, 0) is 103 Å². The van der Waals surface area contributed by atoms with Crippen LogP contribution < -0.4 is 5.73 Å². The lowest BCUT2D eigenvalue weighted by Crippen LogP contribution is -2.29. The molecule has 0 radical (unpaired) electrons. The molecule has 0 bridgehead atoms. The zero-order chi connectivity index (χ0) is 43.2. The number of carbonyl (C=O) groups excluding carboxylic acids is 2. The summed E-state index contributed by atoms with van der Waals surface area (Å²) in [5.41, 5.74) is 5.34. The van der Waals surface area contributed by atoms with Gasteiger partial charge in [-0.1, -0.05) is 148 Å². The predicted octanol–water partition coefficient (Wildman–Crippen LogP) is 12.9. The van der Waals surface area contributed by atoms with E-state index in [2.05, 4.69) is 135 Å². The first kappa shape index (κ1) is 55.4. The van der Waals surface area contributed by atoms with E-state index in [4.69, 9.17) is 24.3 Å². The molecule has 0 heterocycles. The highest BCUT2D eigenvalue weighted by Crippen LogP contribution is 2.43. The van der Waals surface area contributed by atoms with Crippen molar-refractivity contribution >= 4 is 19.8 Å². The highest BCUT2D eigenvalue weighted by Gasteiger charge is 2.25. The molecular weight excluding hydrogens is 762 g/mol. The average molecular weight is 840 g/mol. The van der Waals surface area contributed by atoms with Crippen LogP contribution in [-0.4, -0.2) is 49.3 Å². The van der Waals surface area contributed by atoms with E-state index in [9.17, 15) is 19.0 Å². The van der Waals surface area contributed by atoms with Crippen LogP contribution in [0.4, 0.5) is 0 Å². The molecule has 0 aliphatic carbocycles. The minimum Gasteiger partial charge on any atom is -0.462 e. The Bertz CT molecular complexity index is 1370. The molecular formula is C49H78NO8P. The Kier molecular flexibility index (Phi) is 41.3. The van der Waals surface area contributed by atoms with Gasteiger partial charge in [0.05, 0.1) is 13.2 Å². The maximum atomic E-state index is 12.6. The average Bonchev–Trinajstić information content (AvgIpc) is 3.22. The maximum Gasteiger partial charge on any atom is 0.472 e. The number of ether oxygens (including phenoxy) is 2. The summed E-state index contributed by atoms with van der Waals surface area (Å²) in [6.45, 7) is 3.39. The number of allylic oxidation sites excluding steroid dienone is 20. The first-order valence-electron chi connectivity index (χ1n) is 22.0. The molecule has 0 fully saturated rings. The van der Waals surface area contributed by atoms with Crippen molar-refractivity contribution in [2.75, 3.05) is 26.4 Å². The van der Waals surface area contributed by atoms with Crippen molar-refractivity contribution < 1.29 is 37.6 Å². The van der Waals surface area contributed by atoms with Crippen LogP contribution in [0.3, 0.4) is 0 Å². The summed E-state index contributed by atoms with van der Waals surface area (Å²) in [4.78, 5) is 34.9. The fourth-order valence-corrected chi connectivity index (χ4v) is 5.92. The summed E-state index contributed by atoms with van der Waals surface area (Å²) in [6, 6.07) is 0. The quantitative estimate of drug-likeness (QED) is 0.0268. The smallest absolute Gasteiger partial charge is 0.462 e. The van der Waals surface area contributed by atoms with Crippen LogP contribution in [0.2, 0.25) is 0 Å². The van der Waals surface area contributed by atoms with Crippen LogP contribution >= 0.6 is 7.82 Å². The van der Waals surface area contributed by atoms with Crippen molar-refractivity contribution in [3.8, 4) is 0 Å². The number of rotatable bonds is 39. The van der Waals surface area contributed by atoms with Gasteiger partial charge in [-0.2, -0.15) is 0 Å². The number of phosphoric acid groups is 1. The van der Waals surface area contributed by atoms with Gasteiger partial charge in [-0.25, -0.2) is 4.57 Å². The van der Waals surface area contributed by atoms with Gasteiger partial charge in [-0.15, -0.1) is 0 Å². The maximum absolute atomic E-state index is 12.6. The normalized spacial score (nSPS) is 14.4. The number of unbranched alkanes of at least 4 members (excludes halogenated alkanes) is 6. The molecule has 2 atom stereocenters. The second-order valence-electron chi connectivity index (χ2n) is 13.8. The Hall–Kier alpha value is -3.59. The molecule has 0 amide bonds. The highest BCUT2D eigenvalue weighted by atomic mass is 31.2. The van der Waals surface area contributed by atoms with Gasteiger partial charge in [0.1, 0.15) is 6.61 Å². The van der Waals surface area contributed by atoms with Crippen LogP contribution in [0, 0.1) is 0 Å². The molecule has 0 saturated carbocycles. The predicted molar refractivity (Wildman–Crippen MR) is 247 cm³/mol. The summed E-state index contributed by atoms with van der Waals surface area (Å²) >= 11 is 0. The van der Waals surface area contributed by atoms with Gasteiger partial charge in [0.2, 0.25) is 0 Å². The molecule has 332 valence electrons. The lowest BCUT2D eigenvalue weighted by molar-refractivity contribution is -0.161. The molecule has 0 aliphatic heterocycles. The van der Waals surface area contributed by atoms with Crippen LogP contribution in [0.1, 0.15) is 142 Å². The molecule has 2 unspecified atom stereocenters. The Morgan fingerprint density at radius 1 is 0.508 bits per heavy atom. The van der Waals surface area contributed by atoms with Gasteiger partial charge >= 0.3 is 19.8 Å². The Labute approximate surface area is 358 Å². The molecule has 3 N–H and O–H groups in total. The first-order valence-corrected chi connectivity index (χ1v) is 23.5. The van der Waals surface area contributed by atoms with E-state index >= 15 is 0 Å². The first-order chi connectivity index (χ1) is 28.8. The fraction of sp³-hybridized carbons (Fsp3) is 0.551. The Balaban J connectivity index is 4.32. The van der Waals surface area contributed by atoms with Crippen LogP contribution in [0.25, 0.3) is 0 Å².